The third-order valence-electron chi connectivity index (χ3n) is 3.54. The summed E-state index contributed by atoms with van der Waals surface area (Å²) in [5.74, 6) is 2.65. The van der Waals surface area contributed by atoms with Crippen molar-refractivity contribution >= 4 is 0 Å². The molecule has 0 radical (unpaired) electrons. The lowest BCUT2D eigenvalue weighted by Gasteiger charge is -2.14. The molecular weight excluding hydrogens is 226 g/mol. The number of oxazole rings is 1. The summed E-state index contributed by atoms with van der Waals surface area (Å²) in [6.45, 7) is 9.79. The smallest absolute Gasteiger partial charge is 0.208 e. The first-order valence-electron chi connectivity index (χ1n) is 7.18. The Morgan fingerprint density at radius 2 is 2.39 bits per heavy atom. The summed E-state index contributed by atoms with van der Waals surface area (Å²) in [6, 6.07) is 0. The van der Waals surface area contributed by atoms with Gasteiger partial charge in [0.2, 0.25) is 5.89 Å². The van der Waals surface area contributed by atoms with Crippen LogP contribution in [0.3, 0.4) is 0 Å². The average Bonchev–Trinajstić information content (AvgIpc) is 3.00. The van der Waals surface area contributed by atoms with Crippen LogP contribution in [0.2, 0.25) is 0 Å². The van der Waals surface area contributed by atoms with Gasteiger partial charge in [-0.25, -0.2) is 4.98 Å². The Kier molecular flexibility index (Phi) is 5.20. The normalized spacial score (nSPS) is 20.7. The zero-order chi connectivity index (χ0) is 12.8. The van der Waals surface area contributed by atoms with Crippen LogP contribution in [0, 0.1) is 5.92 Å². The zero-order valence-corrected chi connectivity index (χ0v) is 11.6. The van der Waals surface area contributed by atoms with Crippen molar-refractivity contribution in [2.24, 2.45) is 5.92 Å². The van der Waals surface area contributed by atoms with Crippen LogP contribution in [-0.2, 0) is 13.0 Å². The van der Waals surface area contributed by atoms with Crippen molar-refractivity contribution in [2.45, 2.75) is 39.7 Å². The number of hydrogen-bond acceptors (Lipinski definition) is 4. The van der Waals surface area contributed by atoms with Crippen molar-refractivity contribution in [2.75, 3.05) is 26.2 Å². The summed E-state index contributed by atoms with van der Waals surface area (Å²) in [5, 5.41) is 3.51. The van der Waals surface area contributed by atoms with E-state index in [9.17, 15) is 0 Å². The Morgan fingerprint density at radius 3 is 3.11 bits per heavy atom. The molecular formula is C14H25N3O. The highest BCUT2D eigenvalue weighted by Crippen LogP contribution is 2.18. The van der Waals surface area contributed by atoms with E-state index >= 15 is 0 Å². The highest BCUT2D eigenvalue weighted by Gasteiger charge is 2.23. The van der Waals surface area contributed by atoms with Gasteiger partial charge >= 0.3 is 0 Å². The van der Waals surface area contributed by atoms with E-state index in [1.807, 2.05) is 6.20 Å². The number of hydrogen-bond donors (Lipinski definition) is 1. The summed E-state index contributed by atoms with van der Waals surface area (Å²) in [6.07, 6.45) is 5.28. The molecule has 1 aromatic rings. The van der Waals surface area contributed by atoms with Gasteiger partial charge in [0.25, 0.3) is 0 Å². The van der Waals surface area contributed by atoms with Gasteiger partial charge in [0.1, 0.15) is 5.76 Å². The lowest BCUT2D eigenvalue weighted by Crippen LogP contribution is -2.26. The van der Waals surface area contributed by atoms with Crippen molar-refractivity contribution in [3.05, 3.63) is 17.8 Å². The molecule has 1 unspecified atom stereocenters. The molecule has 0 amide bonds. The van der Waals surface area contributed by atoms with Crippen LogP contribution in [0.15, 0.2) is 10.6 Å². The Morgan fingerprint density at radius 1 is 1.50 bits per heavy atom. The molecule has 2 heterocycles. The van der Waals surface area contributed by atoms with Crippen LogP contribution < -0.4 is 5.32 Å². The number of aryl methyl sites for hydroxylation is 1. The van der Waals surface area contributed by atoms with Crippen LogP contribution in [0.1, 0.15) is 38.3 Å². The molecule has 1 aliphatic heterocycles. The van der Waals surface area contributed by atoms with Crippen molar-refractivity contribution in [3.63, 3.8) is 0 Å². The summed E-state index contributed by atoms with van der Waals surface area (Å²) >= 11 is 0. The summed E-state index contributed by atoms with van der Waals surface area (Å²) in [4.78, 5) is 6.77. The van der Waals surface area contributed by atoms with Crippen LogP contribution in [0.5, 0.6) is 0 Å². The van der Waals surface area contributed by atoms with Crippen LogP contribution in [0.4, 0.5) is 0 Å². The highest BCUT2D eigenvalue weighted by atomic mass is 16.4. The standard InChI is InChI=1S/C14H25N3O/c1-3-6-15-8-12-5-7-17(10-12)11-14-16-9-13(4-2)18-14/h9,12,15H,3-8,10-11H2,1-2H3. The van der Waals surface area contributed by atoms with Gasteiger partial charge in [-0.05, 0) is 38.4 Å². The molecule has 0 aromatic carbocycles. The number of likely N-dealkylation sites (tertiary alicyclic amines) is 1. The topological polar surface area (TPSA) is 41.3 Å². The van der Waals surface area contributed by atoms with Crippen LogP contribution in [-0.4, -0.2) is 36.1 Å². The maximum Gasteiger partial charge on any atom is 0.208 e. The third-order valence-corrected chi connectivity index (χ3v) is 3.54. The molecule has 102 valence electrons. The molecule has 1 saturated heterocycles. The van der Waals surface area contributed by atoms with Gasteiger partial charge in [-0.15, -0.1) is 0 Å². The molecule has 2 rings (SSSR count). The Hall–Kier alpha value is -0.870. The fraction of sp³-hybridized carbons (Fsp3) is 0.786. The number of nitrogens with zero attached hydrogens (tertiary/aromatic N) is 2. The average molecular weight is 251 g/mol. The van der Waals surface area contributed by atoms with E-state index in [4.69, 9.17) is 4.42 Å². The van der Waals surface area contributed by atoms with Gasteiger partial charge in [0, 0.05) is 13.0 Å². The minimum absolute atomic E-state index is 0.789. The zero-order valence-electron chi connectivity index (χ0n) is 11.6. The fourth-order valence-corrected chi connectivity index (χ4v) is 2.48. The number of aromatic nitrogens is 1. The molecule has 1 atom stereocenters. The van der Waals surface area contributed by atoms with Crippen molar-refractivity contribution in [1.29, 1.82) is 0 Å². The largest absolute Gasteiger partial charge is 0.444 e. The van der Waals surface area contributed by atoms with Crippen molar-refractivity contribution < 1.29 is 4.42 Å². The highest BCUT2D eigenvalue weighted by molar-refractivity contribution is 4.94. The van der Waals surface area contributed by atoms with Gasteiger partial charge in [-0.2, -0.15) is 0 Å². The Bertz CT molecular complexity index is 351. The second-order valence-electron chi connectivity index (χ2n) is 5.17. The molecule has 18 heavy (non-hydrogen) atoms. The summed E-state index contributed by atoms with van der Waals surface area (Å²) in [5.41, 5.74) is 0. The number of nitrogens with one attached hydrogen (secondary N) is 1. The maximum atomic E-state index is 5.66. The lowest BCUT2D eigenvalue weighted by molar-refractivity contribution is 0.275. The first kappa shape index (κ1) is 13.6. The van der Waals surface area contributed by atoms with Gasteiger partial charge in [0.15, 0.2) is 0 Å². The molecule has 0 aliphatic carbocycles. The molecule has 0 spiro atoms. The molecule has 1 fully saturated rings. The van der Waals surface area contributed by atoms with Gasteiger partial charge < -0.3 is 9.73 Å². The van der Waals surface area contributed by atoms with Crippen LogP contribution >= 0.6 is 0 Å². The first-order chi connectivity index (χ1) is 8.81. The van der Waals surface area contributed by atoms with Gasteiger partial charge in [0.05, 0.1) is 12.7 Å². The SMILES string of the molecule is CCCNCC1CCN(Cc2ncc(CC)o2)C1. The Balaban J connectivity index is 1.72. The maximum absolute atomic E-state index is 5.66. The molecule has 0 saturated carbocycles. The van der Waals surface area contributed by atoms with E-state index in [2.05, 4.69) is 29.0 Å². The fourth-order valence-electron chi connectivity index (χ4n) is 2.48. The minimum atomic E-state index is 0.789. The summed E-state index contributed by atoms with van der Waals surface area (Å²) < 4.78 is 5.66. The van der Waals surface area contributed by atoms with E-state index in [-0.39, 0.29) is 0 Å². The predicted molar refractivity (Wildman–Crippen MR) is 72.4 cm³/mol. The van der Waals surface area contributed by atoms with E-state index in [0.29, 0.717) is 0 Å². The van der Waals surface area contributed by atoms with E-state index in [0.717, 1.165) is 43.6 Å². The third kappa shape index (κ3) is 3.82. The van der Waals surface area contributed by atoms with E-state index < -0.39 is 0 Å². The van der Waals surface area contributed by atoms with Crippen LogP contribution in [0.25, 0.3) is 0 Å². The first-order valence-corrected chi connectivity index (χ1v) is 7.18. The molecule has 0 bridgehead atoms. The van der Waals surface area contributed by atoms with Gasteiger partial charge in [-0.3, -0.25) is 4.90 Å². The monoisotopic (exact) mass is 251 g/mol. The van der Waals surface area contributed by atoms with Crippen molar-refractivity contribution in [3.8, 4) is 0 Å². The molecule has 4 nitrogen and oxygen atoms in total. The molecule has 4 heteroatoms. The number of rotatable bonds is 7. The second-order valence-corrected chi connectivity index (χ2v) is 5.17. The molecule has 1 N–H and O–H groups in total. The summed E-state index contributed by atoms with van der Waals surface area (Å²) in [7, 11) is 0. The minimum Gasteiger partial charge on any atom is -0.444 e. The Labute approximate surface area is 110 Å². The molecule has 1 aliphatic rings. The van der Waals surface area contributed by atoms with E-state index in [1.54, 1.807) is 0 Å². The molecule has 1 aromatic heterocycles. The predicted octanol–water partition coefficient (Wildman–Crippen LogP) is 2.06. The van der Waals surface area contributed by atoms with Crippen molar-refractivity contribution in [1.82, 2.24) is 15.2 Å². The quantitative estimate of drug-likeness (QED) is 0.753. The van der Waals surface area contributed by atoms with Gasteiger partial charge in [-0.1, -0.05) is 13.8 Å². The second kappa shape index (κ2) is 6.90. The van der Waals surface area contributed by atoms with E-state index in [1.165, 1.54) is 25.9 Å². The lowest BCUT2D eigenvalue weighted by atomic mass is 10.1.